The molecule has 1 atom stereocenters. The Balaban J connectivity index is 1.72. The third-order valence-electron chi connectivity index (χ3n) is 4.98. The summed E-state index contributed by atoms with van der Waals surface area (Å²) in [7, 11) is -0.563. The first-order valence-electron chi connectivity index (χ1n) is 9.63. The van der Waals surface area contributed by atoms with Gasteiger partial charge in [0, 0.05) is 19.6 Å². The minimum atomic E-state index is -0.563. The van der Waals surface area contributed by atoms with Crippen LogP contribution in [0, 0.1) is 0 Å². The molecule has 0 aromatic heterocycles. The number of hydrogen-bond donors (Lipinski definition) is 0. The Kier molecular flexibility index (Phi) is 5.99. The Morgan fingerprint density at radius 3 is 2.07 bits per heavy atom. The summed E-state index contributed by atoms with van der Waals surface area (Å²) in [5.41, 5.74) is 1.44. The maximum atomic E-state index is 5.72. The molecule has 0 amide bonds. The van der Waals surface area contributed by atoms with Crippen molar-refractivity contribution in [2.45, 2.75) is 19.6 Å². The fourth-order valence-electron chi connectivity index (χ4n) is 3.72. The molecule has 0 aliphatic carbocycles. The average Bonchev–Trinajstić information content (AvgIpc) is 2.71. The number of nitrogens with zero attached hydrogens (tertiary/aromatic N) is 1. The van der Waals surface area contributed by atoms with E-state index in [-0.39, 0.29) is 0 Å². The lowest BCUT2D eigenvalue weighted by Crippen LogP contribution is -2.41. The molecule has 0 N–H and O–H groups in total. The molecule has 2 nitrogen and oxygen atoms in total. The van der Waals surface area contributed by atoms with E-state index >= 15 is 0 Å². The summed E-state index contributed by atoms with van der Waals surface area (Å²) in [5.74, 6) is 0. The number of hydrogen-bond acceptors (Lipinski definition) is 2. The van der Waals surface area contributed by atoms with Gasteiger partial charge in [0.1, 0.15) is 0 Å². The first-order valence-corrected chi connectivity index (χ1v) is 11.0. The second-order valence-corrected chi connectivity index (χ2v) is 9.24. The van der Waals surface area contributed by atoms with Gasteiger partial charge in [0.05, 0.1) is 12.7 Å². The molecule has 3 aromatic rings. The first-order chi connectivity index (χ1) is 13.3. The van der Waals surface area contributed by atoms with Crippen LogP contribution >= 0.6 is 7.92 Å². The van der Waals surface area contributed by atoms with Crippen molar-refractivity contribution >= 4 is 23.8 Å². The van der Waals surface area contributed by atoms with Crippen LogP contribution in [0.5, 0.6) is 0 Å². The maximum Gasteiger partial charge on any atom is 0.0674 e. The van der Waals surface area contributed by atoms with E-state index in [9.17, 15) is 0 Å². The van der Waals surface area contributed by atoms with Crippen LogP contribution in [0.4, 0.5) is 0 Å². The quantitative estimate of drug-likeness (QED) is 0.631. The largest absolute Gasteiger partial charge is 0.376 e. The Labute approximate surface area is 163 Å². The highest BCUT2D eigenvalue weighted by Gasteiger charge is 2.22. The van der Waals surface area contributed by atoms with Gasteiger partial charge in [-0.1, -0.05) is 84.9 Å². The van der Waals surface area contributed by atoms with Gasteiger partial charge in [-0.15, -0.1) is 0 Å². The molecule has 0 radical (unpaired) electrons. The molecule has 1 heterocycles. The fourth-order valence-corrected chi connectivity index (χ4v) is 6.18. The van der Waals surface area contributed by atoms with Gasteiger partial charge in [-0.25, -0.2) is 0 Å². The van der Waals surface area contributed by atoms with Crippen LogP contribution in [0.3, 0.4) is 0 Å². The molecule has 1 aliphatic heterocycles. The van der Waals surface area contributed by atoms with Crippen molar-refractivity contribution in [3.8, 4) is 0 Å². The van der Waals surface area contributed by atoms with Crippen molar-refractivity contribution < 1.29 is 4.74 Å². The van der Waals surface area contributed by atoms with Gasteiger partial charge in [-0.2, -0.15) is 0 Å². The normalized spacial score (nSPS) is 17.9. The van der Waals surface area contributed by atoms with Gasteiger partial charge >= 0.3 is 0 Å². The molecule has 4 rings (SSSR count). The number of rotatable bonds is 5. The molecular formula is C24H26NOP. The SMILES string of the molecule is CC1CN(Cc2ccccc2P(c2ccccc2)c2ccccc2)CCO1. The van der Waals surface area contributed by atoms with E-state index in [1.165, 1.54) is 21.5 Å². The summed E-state index contributed by atoms with van der Waals surface area (Å²) in [6.07, 6.45) is 0.315. The summed E-state index contributed by atoms with van der Waals surface area (Å²) >= 11 is 0. The highest BCUT2D eigenvalue weighted by Crippen LogP contribution is 2.34. The number of ether oxygens (including phenoxy) is 1. The molecule has 1 fully saturated rings. The van der Waals surface area contributed by atoms with Crippen LogP contribution in [-0.2, 0) is 11.3 Å². The zero-order valence-electron chi connectivity index (χ0n) is 15.8. The van der Waals surface area contributed by atoms with Crippen LogP contribution in [0.25, 0.3) is 0 Å². The molecule has 1 unspecified atom stereocenters. The molecule has 1 saturated heterocycles. The topological polar surface area (TPSA) is 12.5 Å². The summed E-state index contributed by atoms with van der Waals surface area (Å²) in [6.45, 7) is 5.99. The Morgan fingerprint density at radius 1 is 0.852 bits per heavy atom. The van der Waals surface area contributed by atoms with E-state index in [0.29, 0.717) is 6.10 Å². The second-order valence-electron chi connectivity index (χ2n) is 7.05. The van der Waals surface area contributed by atoms with Crippen molar-refractivity contribution in [1.82, 2.24) is 4.90 Å². The van der Waals surface area contributed by atoms with E-state index in [2.05, 4.69) is 96.8 Å². The summed E-state index contributed by atoms with van der Waals surface area (Å²) in [5, 5.41) is 4.27. The molecule has 0 bridgehead atoms. The van der Waals surface area contributed by atoms with Crippen molar-refractivity contribution in [1.29, 1.82) is 0 Å². The maximum absolute atomic E-state index is 5.72. The van der Waals surface area contributed by atoms with E-state index in [1.807, 2.05) is 0 Å². The van der Waals surface area contributed by atoms with Crippen LogP contribution < -0.4 is 15.9 Å². The highest BCUT2D eigenvalue weighted by atomic mass is 31.1. The van der Waals surface area contributed by atoms with Crippen molar-refractivity contribution in [2.24, 2.45) is 0 Å². The Hall–Kier alpha value is -1.99. The number of morpholine rings is 1. The zero-order valence-corrected chi connectivity index (χ0v) is 16.7. The van der Waals surface area contributed by atoms with Crippen molar-refractivity contribution in [2.75, 3.05) is 19.7 Å². The Morgan fingerprint density at radius 2 is 1.44 bits per heavy atom. The molecule has 1 aliphatic rings. The molecule has 0 saturated carbocycles. The average molecular weight is 375 g/mol. The molecule has 27 heavy (non-hydrogen) atoms. The van der Waals surface area contributed by atoms with Gasteiger partial charge in [0.2, 0.25) is 0 Å². The Bertz CT molecular complexity index is 813. The third kappa shape index (κ3) is 4.47. The summed E-state index contributed by atoms with van der Waals surface area (Å²) in [6, 6.07) is 30.9. The minimum Gasteiger partial charge on any atom is -0.376 e. The van der Waals surface area contributed by atoms with E-state index in [1.54, 1.807) is 0 Å². The van der Waals surface area contributed by atoms with Crippen LogP contribution in [-0.4, -0.2) is 30.7 Å². The number of benzene rings is 3. The van der Waals surface area contributed by atoms with Crippen molar-refractivity contribution in [3.05, 3.63) is 90.5 Å². The first kappa shape index (κ1) is 18.4. The third-order valence-corrected chi connectivity index (χ3v) is 7.53. The van der Waals surface area contributed by atoms with E-state index in [4.69, 9.17) is 4.74 Å². The van der Waals surface area contributed by atoms with Crippen LogP contribution in [0.15, 0.2) is 84.9 Å². The van der Waals surface area contributed by atoms with Crippen LogP contribution in [0.1, 0.15) is 12.5 Å². The van der Waals surface area contributed by atoms with Gasteiger partial charge in [-0.3, -0.25) is 4.90 Å². The lowest BCUT2D eigenvalue weighted by Gasteiger charge is -2.32. The predicted molar refractivity (Wildman–Crippen MR) is 116 cm³/mol. The molecule has 0 spiro atoms. The van der Waals surface area contributed by atoms with Crippen LogP contribution in [0.2, 0.25) is 0 Å². The lowest BCUT2D eigenvalue weighted by atomic mass is 10.2. The minimum absolute atomic E-state index is 0.315. The van der Waals surface area contributed by atoms with Gasteiger partial charge in [0.15, 0.2) is 0 Å². The zero-order chi connectivity index (χ0) is 18.5. The predicted octanol–water partition coefficient (Wildman–Crippen LogP) is 3.67. The summed E-state index contributed by atoms with van der Waals surface area (Å²) < 4.78 is 5.72. The second kappa shape index (κ2) is 8.80. The molecule has 3 aromatic carbocycles. The van der Waals surface area contributed by atoms with Gasteiger partial charge < -0.3 is 4.74 Å². The molecule has 3 heteroatoms. The lowest BCUT2D eigenvalue weighted by molar-refractivity contribution is -0.0211. The molecular weight excluding hydrogens is 349 g/mol. The van der Waals surface area contributed by atoms with Gasteiger partial charge in [-0.05, 0) is 36.3 Å². The highest BCUT2D eigenvalue weighted by molar-refractivity contribution is 7.79. The van der Waals surface area contributed by atoms with E-state index in [0.717, 1.165) is 26.2 Å². The fraction of sp³-hybridized carbons (Fsp3) is 0.250. The monoisotopic (exact) mass is 375 g/mol. The van der Waals surface area contributed by atoms with Crippen molar-refractivity contribution in [3.63, 3.8) is 0 Å². The summed E-state index contributed by atoms with van der Waals surface area (Å²) in [4.78, 5) is 2.52. The smallest absolute Gasteiger partial charge is 0.0674 e. The van der Waals surface area contributed by atoms with Gasteiger partial charge in [0.25, 0.3) is 0 Å². The molecule has 138 valence electrons. The standard InChI is InChI=1S/C24H26NOP/c1-20-18-25(16-17-26-20)19-21-10-8-9-15-24(21)27(22-11-4-2-5-12-22)23-13-6-3-7-14-23/h2-15,20H,16-19H2,1H3. The van der Waals surface area contributed by atoms with E-state index < -0.39 is 7.92 Å².